The Morgan fingerprint density at radius 1 is 1.75 bits per heavy atom. The fourth-order valence-electron chi connectivity index (χ4n) is 0.653. The Morgan fingerprint density at radius 3 is 2.50 bits per heavy atom. The maximum absolute atomic E-state index is 4.28. The first-order valence-corrected chi connectivity index (χ1v) is 3.42. The minimum Gasteiger partial charge on any atom is -0.262 e. The number of hydrogen-bond acceptors (Lipinski definition) is 3. The lowest BCUT2D eigenvalue weighted by Crippen LogP contribution is -2.14. The van der Waals surface area contributed by atoms with E-state index < -0.39 is 0 Å². The van der Waals surface area contributed by atoms with Crippen LogP contribution < -0.4 is 0 Å². The van der Waals surface area contributed by atoms with E-state index in [0.717, 1.165) is 0 Å². The van der Waals surface area contributed by atoms with E-state index >= 15 is 0 Å². The molecule has 0 unspecified atom stereocenters. The topological polar surface area (TPSA) is 15.6 Å². The molecule has 0 saturated carbocycles. The van der Waals surface area contributed by atoms with Crippen molar-refractivity contribution in [3.05, 3.63) is 0 Å². The summed E-state index contributed by atoms with van der Waals surface area (Å²) in [5.41, 5.74) is 0. The summed E-state index contributed by atoms with van der Waals surface area (Å²) in [4.78, 5) is 4.28. The first kappa shape index (κ1) is 6.11. The average Bonchev–Trinajstić information content (AvgIpc) is 1.85. The molecule has 1 rings (SSSR count). The molecule has 0 aromatic carbocycles. The molecule has 1 aliphatic heterocycles. The van der Waals surface area contributed by atoms with Gasteiger partial charge >= 0.3 is 0 Å². The molecule has 0 radical (unpaired) electrons. The third kappa shape index (κ3) is 1.03. The second-order valence-electron chi connectivity index (χ2n) is 1.92. The van der Waals surface area contributed by atoms with Gasteiger partial charge in [0.1, 0.15) is 6.17 Å². The zero-order valence-corrected chi connectivity index (χ0v) is 6.20. The molecule has 0 spiro atoms. The second kappa shape index (κ2) is 2.07. The van der Waals surface area contributed by atoms with Crippen LogP contribution in [0.1, 0.15) is 13.8 Å². The molecule has 0 amide bonds. The maximum atomic E-state index is 4.28. The van der Waals surface area contributed by atoms with Gasteiger partial charge in [0.05, 0.1) is 5.04 Å². The Bertz CT molecular complexity index is 122. The number of rotatable bonds is 0. The zero-order valence-electron chi connectivity index (χ0n) is 5.38. The molecular formula is C5H10N2S. The van der Waals surface area contributed by atoms with Crippen LogP contribution in [0.3, 0.4) is 0 Å². The van der Waals surface area contributed by atoms with Crippen LogP contribution in [0.5, 0.6) is 0 Å². The molecule has 0 aromatic rings. The quantitative estimate of drug-likeness (QED) is 0.460. The van der Waals surface area contributed by atoms with E-state index in [4.69, 9.17) is 0 Å². The van der Waals surface area contributed by atoms with Gasteiger partial charge in [-0.25, -0.2) is 4.31 Å². The van der Waals surface area contributed by atoms with Crippen molar-refractivity contribution in [2.75, 3.05) is 7.05 Å². The van der Waals surface area contributed by atoms with Crippen molar-refractivity contribution < 1.29 is 0 Å². The molecule has 1 atom stereocenters. The van der Waals surface area contributed by atoms with Crippen molar-refractivity contribution >= 4 is 17.0 Å². The molecule has 1 aliphatic rings. The molecule has 0 aliphatic carbocycles. The second-order valence-corrected chi connectivity index (χ2v) is 3.27. The zero-order chi connectivity index (χ0) is 6.15. The Kier molecular flexibility index (Phi) is 1.58. The smallest absolute Gasteiger partial charge is 0.109 e. The summed E-state index contributed by atoms with van der Waals surface area (Å²) in [7, 11) is 2.05. The van der Waals surface area contributed by atoms with E-state index in [1.165, 1.54) is 5.04 Å². The van der Waals surface area contributed by atoms with Crippen molar-refractivity contribution in [1.29, 1.82) is 0 Å². The van der Waals surface area contributed by atoms with Gasteiger partial charge in [0, 0.05) is 7.05 Å². The summed E-state index contributed by atoms with van der Waals surface area (Å²) >= 11 is 1.71. The highest BCUT2D eigenvalue weighted by molar-refractivity contribution is 8.12. The normalized spacial score (nSPS) is 30.9. The molecule has 46 valence electrons. The molecule has 8 heavy (non-hydrogen) atoms. The molecule has 0 bridgehead atoms. The number of hydrogen-bond donors (Lipinski definition) is 0. The molecule has 0 N–H and O–H groups in total. The van der Waals surface area contributed by atoms with Gasteiger partial charge < -0.3 is 0 Å². The summed E-state index contributed by atoms with van der Waals surface area (Å²) in [5, 5.41) is 1.17. The highest BCUT2D eigenvalue weighted by Gasteiger charge is 2.15. The third-order valence-electron chi connectivity index (χ3n) is 1.17. The summed E-state index contributed by atoms with van der Waals surface area (Å²) in [5.74, 6) is 0. The van der Waals surface area contributed by atoms with Crippen molar-refractivity contribution in [2.24, 2.45) is 4.99 Å². The fraction of sp³-hybridized carbons (Fsp3) is 0.800. The van der Waals surface area contributed by atoms with Gasteiger partial charge in [-0.2, -0.15) is 0 Å². The Balaban J connectivity index is 2.56. The van der Waals surface area contributed by atoms with E-state index in [-0.39, 0.29) is 0 Å². The van der Waals surface area contributed by atoms with E-state index in [0.29, 0.717) is 6.17 Å². The van der Waals surface area contributed by atoms with E-state index in [2.05, 4.69) is 23.3 Å². The lowest BCUT2D eigenvalue weighted by Gasteiger charge is -2.08. The molecular weight excluding hydrogens is 120 g/mol. The van der Waals surface area contributed by atoms with Gasteiger partial charge in [-0.15, -0.1) is 0 Å². The fourth-order valence-corrected chi connectivity index (χ4v) is 1.47. The lowest BCUT2D eigenvalue weighted by atomic mass is 10.6. The van der Waals surface area contributed by atoms with Crippen LogP contribution in [0.2, 0.25) is 0 Å². The Morgan fingerprint density at radius 2 is 2.38 bits per heavy atom. The maximum Gasteiger partial charge on any atom is 0.109 e. The number of nitrogens with zero attached hydrogens (tertiary/aromatic N) is 2. The van der Waals surface area contributed by atoms with Crippen molar-refractivity contribution in [3.8, 4) is 0 Å². The van der Waals surface area contributed by atoms with Crippen LogP contribution in [-0.2, 0) is 0 Å². The SMILES string of the molecule is CC1=N[C@H](C)N(C)S1. The van der Waals surface area contributed by atoms with Gasteiger partial charge in [0.2, 0.25) is 0 Å². The monoisotopic (exact) mass is 130 g/mol. The van der Waals surface area contributed by atoms with Gasteiger partial charge in [-0.1, -0.05) is 0 Å². The van der Waals surface area contributed by atoms with Crippen LogP contribution in [0.25, 0.3) is 0 Å². The Labute approximate surface area is 54.1 Å². The summed E-state index contributed by atoms with van der Waals surface area (Å²) in [6.07, 6.45) is 0.375. The Hall–Kier alpha value is -0.0200. The number of aliphatic imine (C=N–C) groups is 1. The van der Waals surface area contributed by atoms with Crippen LogP contribution in [-0.4, -0.2) is 22.6 Å². The summed E-state index contributed by atoms with van der Waals surface area (Å²) in [6.45, 7) is 4.12. The average molecular weight is 130 g/mol. The van der Waals surface area contributed by atoms with Crippen molar-refractivity contribution in [1.82, 2.24) is 4.31 Å². The van der Waals surface area contributed by atoms with Gasteiger partial charge in [0.25, 0.3) is 0 Å². The van der Waals surface area contributed by atoms with Crippen LogP contribution >= 0.6 is 11.9 Å². The highest BCUT2D eigenvalue weighted by Crippen LogP contribution is 2.21. The van der Waals surface area contributed by atoms with E-state index in [9.17, 15) is 0 Å². The first-order valence-electron chi connectivity index (χ1n) is 2.65. The highest BCUT2D eigenvalue weighted by atomic mass is 32.2. The predicted molar refractivity (Wildman–Crippen MR) is 37.9 cm³/mol. The lowest BCUT2D eigenvalue weighted by molar-refractivity contribution is 0.466. The van der Waals surface area contributed by atoms with Crippen LogP contribution in [0, 0.1) is 0 Å². The van der Waals surface area contributed by atoms with Crippen LogP contribution in [0.4, 0.5) is 0 Å². The van der Waals surface area contributed by atoms with Crippen molar-refractivity contribution in [2.45, 2.75) is 20.0 Å². The summed E-state index contributed by atoms with van der Waals surface area (Å²) < 4.78 is 2.13. The largest absolute Gasteiger partial charge is 0.262 e. The minimum atomic E-state index is 0.375. The summed E-state index contributed by atoms with van der Waals surface area (Å²) in [6, 6.07) is 0. The molecule has 3 heteroatoms. The minimum absolute atomic E-state index is 0.375. The van der Waals surface area contributed by atoms with Gasteiger partial charge in [-0.05, 0) is 25.8 Å². The van der Waals surface area contributed by atoms with Gasteiger partial charge in [-0.3, -0.25) is 4.99 Å². The molecule has 0 saturated heterocycles. The molecule has 0 aromatic heterocycles. The molecule has 0 fully saturated rings. The van der Waals surface area contributed by atoms with E-state index in [1.807, 2.05) is 6.92 Å². The third-order valence-corrected chi connectivity index (χ3v) is 2.13. The van der Waals surface area contributed by atoms with Crippen LogP contribution in [0.15, 0.2) is 4.99 Å². The molecule has 2 nitrogen and oxygen atoms in total. The standard InChI is InChI=1S/C5H10N2S/c1-4-6-5(2)8-7(4)3/h4H,1-3H3/t4-/m0/s1. The predicted octanol–water partition coefficient (Wildman–Crippen LogP) is 1.34. The van der Waals surface area contributed by atoms with E-state index in [1.54, 1.807) is 11.9 Å². The van der Waals surface area contributed by atoms with Crippen molar-refractivity contribution in [3.63, 3.8) is 0 Å². The molecule has 1 heterocycles. The first-order chi connectivity index (χ1) is 3.70. The van der Waals surface area contributed by atoms with Gasteiger partial charge in [0.15, 0.2) is 0 Å².